The van der Waals surface area contributed by atoms with Gasteiger partial charge in [-0.3, -0.25) is 4.79 Å². The summed E-state index contributed by atoms with van der Waals surface area (Å²) < 4.78 is 10.4. The molecular formula is C15H14ClN5O3S. The van der Waals surface area contributed by atoms with Crippen LogP contribution in [0, 0.1) is 0 Å². The number of nitrogens with zero attached hydrogens (tertiary/aromatic N) is 3. The summed E-state index contributed by atoms with van der Waals surface area (Å²) in [5.74, 6) is 1.11. The van der Waals surface area contributed by atoms with Gasteiger partial charge in [0.2, 0.25) is 11.2 Å². The SMILES string of the molecule is COc1cc(NC(=O)CSc2nc(Cl)nc3nc[nH]c23)cc(OC)c1. The highest BCUT2D eigenvalue weighted by Gasteiger charge is 2.12. The number of rotatable bonds is 6. The van der Waals surface area contributed by atoms with Gasteiger partial charge in [0, 0.05) is 23.9 Å². The van der Waals surface area contributed by atoms with Gasteiger partial charge in [-0.15, -0.1) is 0 Å². The van der Waals surface area contributed by atoms with Gasteiger partial charge in [-0.2, -0.15) is 4.98 Å². The number of halogens is 1. The predicted octanol–water partition coefficient (Wildman–Crippen LogP) is 2.75. The lowest BCUT2D eigenvalue weighted by molar-refractivity contribution is -0.113. The van der Waals surface area contributed by atoms with Gasteiger partial charge in [-0.1, -0.05) is 11.8 Å². The van der Waals surface area contributed by atoms with E-state index in [0.717, 1.165) is 0 Å². The number of fused-ring (bicyclic) bond motifs is 1. The van der Waals surface area contributed by atoms with Gasteiger partial charge in [-0.25, -0.2) is 9.97 Å². The Morgan fingerprint density at radius 1 is 1.24 bits per heavy atom. The van der Waals surface area contributed by atoms with Crippen LogP contribution in [0.1, 0.15) is 0 Å². The van der Waals surface area contributed by atoms with E-state index in [9.17, 15) is 4.79 Å². The lowest BCUT2D eigenvalue weighted by Gasteiger charge is -2.09. The van der Waals surface area contributed by atoms with Crippen LogP contribution in [0.15, 0.2) is 29.6 Å². The van der Waals surface area contributed by atoms with Crippen molar-refractivity contribution in [3.05, 3.63) is 29.8 Å². The average Bonchev–Trinajstić information content (AvgIpc) is 3.07. The molecule has 10 heteroatoms. The topological polar surface area (TPSA) is 102 Å². The van der Waals surface area contributed by atoms with Crippen LogP contribution in [-0.4, -0.2) is 45.8 Å². The second-order valence-electron chi connectivity index (χ2n) is 4.84. The second kappa shape index (κ2) is 7.58. The van der Waals surface area contributed by atoms with Gasteiger partial charge in [0.05, 0.1) is 26.3 Å². The monoisotopic (exact) mass is 379 g/mol. The Balaban J connectivity index is 1.69. The Morgan fingerprint density at radius 3 is 2.64 bits per heavy atom. The van der Waals surface area contributed by atoms with Crippen LogP contribution >= 0.6 is 23.4 Å². The standard InChI is InChI=1S/C15H14ClN5O3S/c1-23-9-3-8(4-10(5-9)24-2)19-11(22)6-25-14-12-13(18-7-17-12)20-15(16)21-14/h3-5,7H,6H2,1-2H3,(H,19,22)(H,17,18,20,21). The largest absolute Gasteiger partial charge is 0.497 e. The summed E-state index contributed by atoms with van der Waals surface area (Å²) in [5, 5.41) is 3.44. The highest BCUT2D eigenvalue weighted by atomic mass is 35.5. The minimum Gasteiger partial charge on any atom is -0.497 e. The normalized spacial score (nSPS) is 10.7. The molecule has 0 saturated carbocycles. The highest BCUT2D eigenvalue weighted by Crippen LogP contribution is 2.27. The minimum absolute atomic E-state index is 0.0834. The fourth-order valence-electron chi connectivity index (χ4n) is 2.10. The van der Waals surface area contributed by atoms with E-state index in [4.69, 9.17) is 21.1 Å². The lowest BCUT2D eigenvalue weighted by Crippen LogP contribution is -2.14. The maximum Gasteiger partial charge on any atom is 0.234 e. The first-order valence-electron chi connectivity index (χ1n) is 7.11. The molecule has 3 rings (SSSR count). The summed E-state index contributed by atoms with van der Waals surface area (Å²) in [6, 6.07) is 5.14. The number of hydrogen-bond donors (Lipinski definition) is 2. The van der Waals surface area contributed by atoms with Crippen molar-refractivity contribution < 1.29 is 14.3 Å². The molecule has 1 amide bonds. The third-order valence-electron chi connectivity index (χ3n) is 3.20. The van der Waals surface area contributed by atoms with Crippen LogP contribution in [0.2, 0.25) is 5.28 Å². The number of aromatic amines is 1. The van der Waals surface area contributed by atoms with E-state index in [1.807, 2.05) is 0 Å². The number of amides is 1. The molecule has 0 radical (unpaired) electrons. The summed E-state index contributed by atoms with van der Waals surface area (Å²) in [5.41, 5.74) is 1.68. The maximum atomic E-state index is 12.2. The van der Waals surface area contributed by atoms with E-state index in [1.165, 1.54) is 18.1 Å². The molecule has 0 atom stereocenters. The third-order valence-corrected chi connectivity index (χ3v) is 4.34. The molecular weight excluding hydrogens is 366 g/mol. The molecule has 0 unspecified atom stereocenters. The van der Waals surface area contributed by atoms with Crippen LogP contribution in [0.5, 0.6) is 11.5 Å². The molecule has 3 aromatic rings. The Morgan fingerprint density at radius 2 is 1.96 bits per heavy atom. The maximum absolute atomic E-state index is 12.2. The van der Waals surface area contributed by atoms with Gasteiger partial charge in [-0.05, 0) is 11.6 Å². The summed E-state index contributed by atoms with van der Waals surface area (Å²) in [6.07, 6.45) is 1.50. The predicted molar refractivity (Wildman–Crippen MR) is 95.6 cm³/mol. The number of aromatic nitrogens is 4. The first-order valence-corrected chi connectivity index (χ1v) is 8.47. The number of nitrogens with one attached hydrogen (secondary N) is 2. The van der Waals surface area contributed by atoms with Crippen LogP contribution in [-0.2, 0) is 4.79 Å². The van der Waals surface area contributed by atoms with Gasteiger partial charge in [0.15, 0.2) is 5.65 Å². The van der Waals surface area contributed by atoms with E-state index in [0.29, 0.717) is 33.4 Å². The van der Waals surface area contributed by atoms with Crippen molar-refractivity contribution in [1.29, 1.82) is 0 Å². The molecule has 2 heterocycles. The smallest absolute Gasteiger partial charge is 0.234 e. The molecule has 0 spiro atoms. The van der Waals surface area contributed by atoms with E-state index < -0.39 is 0 Å². The van der Waals surface area contributed by atoms with E-state index in [2.05, 4.69) is 25.3 Å². The van der Waals surface area contributed by atoms with Crippen molar-refractivity contribution in [2.75, 3.05) is 25.3 Å². The first-order chi connectivity index (χ1) is 12.1. The fourth-order valence-corrected chi connectivity index (χ4v) is 3.10. The van der Waals surface area contributed by atoms with Crippen molar-refractivity contribution in [3.63, 3.8) is 0 Å². The number of thioether (sulfide) groups is 1. The Bertz CT molecular complexity index is 895. The average molecular weight is 380 g/mol. The van der Waals surface area contributed by atoms with Crippen LogP contribution in [0.4, 0.5) is 5.69 Å². The highest BCUT2D eigenvalue weighted by molar-refractivity contribution is 8.00. The van der Waals surface area contributed by atoms with Gasteiger partial charge in [0.25, 0.3) is 0 Å². The van der Waals surface area contributed by atoms with Crippen LogP contribution in [0.25, 0.3) is 11.2 Å². The molecule has 0 bridgehead atoms. The summed E-state index contributed by atoms with van der Waals surface area (Å²) in [4.78, 5) is 27.3. The Kier molecular flexibility index (Phi) is 5.25. The molecule has 8 nitrogen and oxygen atoms in total. The molecule has 0 aliphatic rings. The molecule has 2 aromatic heterocycles. The number of carbonyl (C=O) groups is 1. The molecule has 0 fully saturated rings. The van der Waals surface area contributed by atoms with Crippen LogP contribution < -0.4 is 14.8 Å². The molecule has 0 saturated heterocycles. The molecule has 130 valence electrons. The van der Waals surface area contributed by atoms with E-state index in [-0.39, 0.29) is 16.9 Å². The first kappa shape index (κ1) is 17.3. The molecule has 1 aromatic carbocycles. The zero-order valence-corrected chi connectivity index (χ0v) is 14.9. The van der Waals surface area contributed by atoms with Crippen molar-refractivity contribution in [2.24, 2.45) is 0 Å². The third kappa shape index (κ3) is 4.12. The van der Waals surface area contributed by atoms with Crippen LogP contribution in [0.3, 0.4) is 0 Å². The van der Waals surface area contributed by atoms with Crippen molar-refractivity contribution in [3.8, 4) is 11.5 Å². The quantitative estimate of drug-likeness (QED) is 0.385. The van der Waals surface area contributed by atoms with Gasteiger partial charge in [0.1, 0.15) is 22.0 Å². The Labute approximate surface area is 152 Å². The lowest BCUT2D eigenvalue weighted by atomic mass is 10.2. The number of hydrogen-bond acceptors (Lipinski definition) is 7. The van der Waals surface area contributed by atoms with Crippen molar-refractivity contribution in [1.82, 2.24) is 19.9 Å². The van der Waals surface area contributed by atoms with Gasteiger partial charge >= 0.3 is 0 Å². The Hall–Kier alpha value is -2.52. The number of benzene rings is 1. The number of methoxy groups -OCH3 is 2. The molecule has 25 heavy (non-hydrogen) atoms. The minimum atomic E-state index is -0.206. The van der Waals surface area contributed by atoms with E-state index in [1.54, 1.807) is 32.4 Å². The number of ether oxygens (including phenoxy) is 2. The van der Waals surface area contributed by atoms with Gasteiger partial charge < -0.3 is 19.8 Å². The van der Waals surface area contributed by atoms with Crippen molar-refractivity contribution >= 4 is 46.1 Å². The number of H-pyrrole nitrogens is 1. The summed E-state index contributed by atoms with van der Waals surface area (Å²) in [6.45, 7) is 0. The molecule has 2 N–H and O–H groups in total. The zero-order chi connectivity index (χ0) is 17.8. The molecule has 0 aliphatic carbocycles. The number of anilines is 1. The fraction of sp³-hybridized carbons (Fsp3) is 0.200. The zero-order valence-electron chi connectivity index (χ0n) is 13.4. The summed E-state index contributed by atoms with van der Waals surface area (Å²) >= 11 is 7.11. The second-order valence-corrected chi connectivity index (χ2v) is 6.14. The number of imidazole rings is 1. The summed E-state index contributed by atoms with van der Waals surface area (Å²) in [7, 11) is 3.09. The number of carbonyl (C=O) groups excluding carboxylic acids is 1. The molecule has 0 aliphatic heterocycles. The van der Waals surface area contributed by atoms with Crippen molar-refractivity contribution in [2.45, 2.75) is 5.03 Å². The van der Waals surface area contributed by atoms with E-state index >= 15 is 0 Å².